The lowest BCUT2D eigenvalue weighted by molar-refractivity contribution is 0.102. The van der Waals surface area contributed by atoms with Gasteiger partial charge in [0, 0.05) is 10.7 Å². The molecule has 1 aromatic heterocycles. The highest BCUT2D eigenvalue weighted by atomic mass is 79.9. The SMILES string of the molecule is Cc1ccc(NC(=O)c2nc(S(C)(=O)=O)ncc2Cl)c(Br)c1. The first kappa shape index (κ1) is 16.9. The number of sulfone groups is 1. The predicted molar refractivity (Wildman–Crippen MR) is 87.0 cm³/mol. The Hall–Kier alpha value is -1.51. The van der Waals surface area contributed by atoms with Crippen molar-refractivity contribution >= 4 is 49.0 Å². The predicted octanol–water partition coefficient (Wildman–Crippen LogP) is 2.86. The standard InChI is InChI=1S/C13H11BrClN3O3S/c1-7-3-4-10(8(14)5-7)17-12(19)11-9(15)6-16-13(18-11)22(2,20)21/h3-6H,1-2H3,(H,17,19). The molecule has 0 unspecified atom stereocenters. The number of carbonyl (C=O) groups excluding carboxylic acids is 1. The minimum absolute atomic E-state index is 0.0341. The van der Waals surface area contributed by atoms with E-state index in [1.807, 2.05) is 19.1 Å². The van der Waals surface area contributed by atoms with Gasteiger partial charge in [-0.3, -0.25) is 4.79 Å². The molecule has 0 atom stereocenters. The summed E-state index contributed by atoms with van der Waals surface area (Å²) in [6, 6.07) is 5.37. The molecule has 2 aromatic rings. The highest BCUT2D eigenvalue weighted by molar-refractivity contribution is 9.10. The fourth-order valence-electron chi connectivity index (χ4n) is 1.59. The number of nitrogens with one attached hydrogen (secondary N) is 1. The van der Waals surface area contributed by atoms with Crippen molar-refractivity contribution in [3.63, 3.8) is 0 Å². The zero-order valence-electron chi connectivity index (χ0n) is 11.6. The zero-order valence-corrected chi connectivity index (χ0v) is 14.8. The topological polar surface area (TPSA) is 89.0 Å². The summed E-state index contributed by atoms with van der Waals surface area (Å²) in [6.45, 7) is 1.91. The second-order valence-corrected chi connectivity index (χ2v) is 7.73. The van der Waals surface area contributed by atoms with Crippen molar-refractivity contribution in [3.05, 3.63) is 45.1 Å². The average Bonchev–Trinajstić information content (AvgIpc) is 2.41. The quantitative estimate of drug-likeness (QED) is 0.795. The molecule has 9 heteroatoms. The van der Waals surface area contributed by atoms with Gasteiger partial charge in [-0.1, -0.05) is 17.7 Å². The molecule has 1 aromatic carbocycles. The van der Waals surface area contributed by atoms with Gasteiger partial charge >= 0.3 is 0 Å². The van der Waals surface area contributed by atoms with Crippen molar-refractivity contribution in [2.45, 2.75) is 12.1 Å². The molecule has 1 heterocycles. The van der Waals surface area contributed by atoms with Crippen LogP contribution in [0.2, 0.25) is 5.02 Å². The average molecular weight is 405 g/mol. The van der Waals surface area contributed by atoms with Crippen LogP contribution in [0, 0.1) is 6.92 Å². The van der Waals surface area contributed by atoms with Gasteiger partial charge in [0.1, 0.15) is 0 Å². The Morgan fingerprint density at radius 2 is 2.05 bits per heavy atom. The number of rotatable bonds is 3. The molecule has 0 fully saturated rings. The van der Waals surface area contributed by atoms with E-state index in [0.717, 1.165) is 18.0 Å². The fraction of sp³-hybridized carbons (Fsp3) is 0.154. The lowest BCUT2D eigenvalue weighted by atomic mass is 10.2. The number of hydrogen-bond donors (Lipinski definition) is 1. The second kappa shape index (κ2) is 6.31. The molecular formula is C13H11BrClN3O3S. The van der Waals surface area contributed by atoms with Crippen molar-refractivity contribution < 1.29 is 13.2 Å². The number of aryl methyl sites for hydroxylation is 1. The van der Waals surface area contributed by atoms with Crippen molar-refractivity contribution in [3.8, 4) is 0 Å². The van der Waals surface area contributed by atoms with Crippen molar-refractivity contribution in [1.82, 2.24) is 9.97 Å². The zero-order chi connectivity index (χ0) is 16.5. The summed E-state index contributed by atoms with van der Waals surface area (Å²) in [5.74, 6) is -0.623. The molecule has 0 aliphatic carbocycles. The molecule has 6 nitrogen and oxygen atoms in total. The first-order valence-electron chi connectivity index (χ1n) is 5.98. The fourth-order valence-corrected chi connectivity index (χ4v) is 2.86. The Morgan fingerprint density at radius 3 is 2.64 bits per heavy atom. The molecule has 0 aliphatic rings. The molecule has 0 saturated carbocycles. The maximum Gasteiger partial charge on any atom is 0.276 e. The van der Waals surface area contributed by atoms with Crippen molar-refractivity contribution in [2.75, 3.05) is 11.6 Å². The Bertz CT molecular complexity index is 856. The van der Waals surface area contributed by atoms with Crippen LogP contribution in [0.1, 0.15) is 16.1 Å². The van der Waals surface area contributed by atoms with Crippen LogP contribution in [-0.4, -0.2) is 30.5 Å². The number of amides is 1. The van der Waals surface area contributed by atoms with Gasteiger partial charge in [-0.05, 0) is 40.5 Å². The number of carbonyl (C=O) groups is 1. The van der Waals surface area contributed by atoms with Crippen LogP contribution < -0.4 is 5.32 Å². The van der Waals surface area contributed by atoms with Crippen LogP contribution in [0.4, 0.5) is 5.69 Å². The van der Waals surface area contributed by atoms with Crippen LogP contribution in [0.25, 0.3) is 0 Å². The molecule has 0 aliphatic heterocycles. The smallest absolute Gasteiger partial charge is 0.276 e. The maximum atomic E-state index is 12.2. The van der Waals surface area contributed by atoms with Gasteiger partial charge in [-0.15, -0.1) is 0 Å². The van der Waals surface area contributed by atoms with E-state index in [1.165, 1.54) is 0 Å². The summed E-state index contributed by atoms with van der Waals surface area (Å²) in [5.41, 5.74) is 1.33. The molecule has 0 bridgehead atoms. The van der Waals surface area contributed by atoms with E-state index in [-0.39, 0.29) is 10.7 Å². The third-order valence-corrected chi connectivity index (χ3v) is 4.43. The molecule has 1 N–H and O–H groups in total. The van der Waals surface area contributed by atoms with Crippen LogP contribution in [0.3, 0.4) is 0 Å². The van der Waals surface area contributed by atoms with E-state index >= 15 is 0 Å². The van der Waals surface area contributed by atoms with Crippen LogP contribution in [-0.2, 0) is 9.84 Å². The second-order valence-electron chi connectivity index (χ2n) is 4.56. The Kier molecular flexibility index (Phi) is 4.84. The highest BCUT2D eigenvalue weighted by Gasteiger charge is 2.19. The summed E-state index contributed by atoms with van der Waals surface area (Å²) in [5, 5.41) is 2.13. The number of benzene rings is 1. The van der Waals surface area contributed by atoms with E-state index < -0.39 is 20.9 Å². The maximum absolute atomic E-state index is 12.2. The molecule has 22 heavy (non-hydrogen) atoms. The van der Waals surface area contributed by atoms with E-state index in [0.29, 0.717) is 10.2 Å². The lowest BCUT2D eigenvalue weighted by Gasteiger charge is -2.09. The van der Waals surface area contributed by atoms with Gasteiger partial charge in [-0.2, -0.15) is 0 Å². The molecule has 0 spiro atoms. The molecule has 116 valence electrons. The van der Waals surface area contributed by atoms with Gasteiger partial charge in [-0.25, -0.2) is 18.4 Å². The Labute approximate surface area is 141 Å². The number of halogens is 2. The number of nitrogens with zero attached hydrogens (tertiary/aromatic N) is 2. The monoisotopic (exact) mass is 403 g/mol. The Morgan fingerprint density at radius 1 is 1.36 bits per heavy atom. The van der Waals surface area contributed by atoms with E-state index in [4.69, 9.17) is 11.6 Å². The summed E-state index contributed by atoms with van der Waals surface area (Å²) in [6.07, 6.45) is 2.04. The van der Waals surface area contributed by atoms with Crippen molar-refractivity contribution in [2.24, 2.45) is 0 Å². The molecular weight excluding hydrogens is 394 g/mol. The third-order valence-electron chi connectivity index (χ3n) is 2.64. The van der Waals surface area contributed by atoms with E-state index in [2.05, 4.69) is 31.2 Å². The van der Waals surface area contributed by atoms with Gasteiger partial charge in [0.2, 0.25) is 15.0 Å². The van der Waals surface area contributed by atoms with Gasteiger partial charge in [0.25, 0.3) is 5.91 Å². The van der Waals surface area contributed by atoms with E-state index in [1.54, 1.807) is 6.07 Å². The third kappa shape index (κ3) is 3.82. The normalized spacial score (nSPS) is 11.3. The minimum Gasteiger partial charge on any atom is -0.320 e. The van der Waals surface area contributed by atoms with Crippen LogP contribution in [0.15, 0.2) is 34.0 Å². The molecule has 1 amide bonds. The summed E-state index contributed by atoms with van der Waals surface area (Å²) in [7, 11) is -3.63. The molecule has 0 radical (unpaired) electrons. The highest BCUT2D eigenvalue weighted by Crippen LogP contribution is 2.24. The molecule has 2 rings (SSSR count). The van der Waals surface area contributed by atoms with Crippen molar-refractivity contribution in [1.29, 1.82) is 0 Å². The van der Waals surface area contributed by atoms with Gasteiger partial charge in [0.05, 0.1) is 16.9 Å². The number of anilines is 1. The summed E-state index contributed by atoms with van der Waals surface area (Å²) >= 11 is 9.22. The van der Waals surface area contributed by atoms with Gasteiger partial charge < -0.3 is 5.32 Å². The minimum atomic E-state index is -3.63. The first-order chi connectivity index (χ1) is 10.2. The first-order valence-corrected chi connectivity index (χ1v) is 9.05. The van der Waals surface area contributed by atoms with E-state index in [9.17, 15) is 13.2 Å². The number of aromatic nitrogens is 2. The number of hydrogen-bond acceptors (Lipinski definition) is 5. The van der Waals surface area contributed by atoms with Crippen LogP contribution >= 0.6 is 27.5 Å². The van der Waals surface area contributed by atoms with Crippen LogP contribution in [0.5, 0.6) is 0 Å². The summed E-state index contributed by atoms with van der Waals surface area (Å²) in [4.78, 5) is 19.6. The largest absolute Gasteiger partial charge is 0.320 e. The lowest BCUT2D eigenvalue weighted by Crippen LogP contribution is -2.17. The summed E-state index contributed by atoms with van der Waals surface area (Å²) < 4.78 is 23.6. The molecule has 0 saturated heterocycles. The van der Waals surface area contributed by atoms with Gasteiger partial charge in [0.15, 0.2) is 5.69 Å². The Balaban J connectivity index is 2.37.